The highest BCUT2D eigenvalue weighted by Crippen LogP contribution is 2.20. The van der Waals surface area contributed by atoms with Gasteiger partial charge in [-0.2, -0.15) is 0 Å². The van der Waals surface area contributed by atoms with Crippen molar-refractivity contribution in [2.24, 2.45) is 5.41 Å². The molecule has 0 saturated heterocycles. The van der Waals surface area contributed by atoms with Crippen LogP contribution in [-0.2, 0) is 9.59 Å². The van der Waals surface area contributed by atoms with Crippen LogP contribution in [0.4, 0.5) is 0 Å². The number of carbonyl (C=O) groups is 2. The number of hydrogen-bond donors (Lipinski definition) is 3. The van der Waals surface area contributed by atoms with Crippen molar-refractivity contribution in [2.75, 3.05) is 13.1 Å². The van der Waals surface area contributed by atoms with E-state index in [1.807, 2.05) is 13.8 Å². The van der Waals surface area contributed by atoms with Crippen LogP contribution in [0, 0.1) is 5.41 Å². The Bertz CT molecular complexity index is 262. The van der Waals surface area contributed by atoms with E-state index in [2.05, 4.69) is 10.6 Å². The minimum atomic E-state index is -0.387. The van der Waals surface area contributed by atoms with Crippen LogP contribution in [0.15, 0.2) is 0 Å². The summed E-state index contributed by atoms with van der Waals surface area (Å²) in [5.74, 6) is -0.339. The molecule has 0 rings (SSSR count). The smallest absolute Gasteiger partial charge is 0.239 e. The standard InChI is InChI=1S/C12H24N2O3/c1-5-10(16)13-7-11(17)14-8-12(3,4)6-9(2)15/h9,15H,5-8H2,1-4H3,(H,13,16)(H,14,17). The maximum atomic E-state index is 11.4. The summed E-state index contributed by atoms with van der Waals surface area (Å²) in [5.41, 5.74) is -0.154. The van der Waals surface area contributed by atoms with Crippen LogP contribution in [0.5, 0.6) is 0 Å². The van der Waals surface area contributed by atoms with Crippen LogP contribution in [0.1, 0.15) is 40.5 Å². The lowest BCUT2D eigenvalue weighted by Crippen LogP contribution is -2.41. The third-order valence-electron chi connectivity index (χ3n) is 2.38. The number of rotatable bonds is 7. The van der Waals surface area contributed by atoms with Crippen LogP contribution < -0.4 is 10.6 Å². The van der Waals surface area contributed by atoms with Crippen LogP contribution in [0.25, 0.3) is 0 Å². The molecule has 0 fully saturated rings. The van der Waals surface area contributed by atoms with E-state index < -0.39 is 0 Å². The van der Waals surface area contributed by atoms with Gasteiger partial charge in [-0.3, -0.25) is 9.59 Å². The molecule has 0 aliphatic carbocycles. The van der Waals surface area contributed by atoms with Gasteiger partial charge >= 0.3 is 0 Å². The van der Waals surface area contributed by atoms with Gasteiger partial charge in [0, 0.05) is 13.0 Å². The molecule has 0 saturated carbocycles. The molecule has 0 aromatic rings. The second-order valence-corrected chi connectivity index (χ2v) is 5.12. The molecule has 0 aliphatic heterocycles. The molecule has 17 heavy (non-hydrogen) atoms. The molecule has 1 atom stereocenters. The van der Waals surface area contributed by atoms with Gasteiger partial charge in [-0.15, -0.1) is 0 Å². The van der Waals surface area contributed by atoms with Crippen LogP contribution in [-0.4, -0.2) is 36.1 Å². The number of nitrogens with one attached hydrogen (secondary N) is 2. The van der Waals surface area contributed by atoms with Gasteiger partial charge in [0.25, 0.3) is 0 Å². The predicted molar refractivity (Wildman–Crippen MR) is 66.4 cm³/mol. The maximum Gasteiger partial charge on any atom is 0.239 e. The van der Waals surface area contributed by atoms with E-state index in [1.54, 1.807) is 13.8 Å². The lowest BCUT2D eigenvalue weighted by molar-refractivity contribution is -0.126. The first-order chi connectivity index (χ1) is 7.76. The molecule has 2 amide bonds. The van der Waals surface area contributed by atoms with Gasteiger partial charge < -0.3 is 15.7 Å². The summed E-state index contributed by atoms with van der Waals surface area (Å²) < 4.78 is 0. The Labute approximate surface area is 103 Å². The molecule has 5 heteroatoms. The van der Waals surface area contributed by atoms with Crippen molar-refractivity contribution in [2.45, 2.75) is 46.6 Å². The lowest BCUT2D eigenvalue weighted by Gasteiger charge is -2.26. The molecule has 3 N–H and O–H groups in total. The highest BCUT2D eigenvalue weighted by Gasteiger charge is 2.20. The van der Waals surface area contributed by atoms with Crippen molar-refractivity contribution >= 4 is 11.8 Å². The number of amides is 2. The Hall–Kier alpha value is -1.10. The minimum absolute atomic E-state index is 0.0113. The summed E-state index contributed by atoms with van der Waals surface area (Å²) in [5, 5.41) is 14.5. The molecular weight excluding hydrogens is 220 g/mol. The fourth-order valence-corrected chi connectivity index (χ4v) is 1.58. The van der Waals surface area contributed by atoms with Crippen molar-refractivity contribution in [1.82, 2.24) is 10.6 Å². The van der Waals surface area contributed by atoms with Gasteiger partial charge in [0.15, 0.2) is 0 Å². The van der Waals surface area contributed by atoms with E-state index in [9.17, 15) is 14.7 Å². The average molecular weight is 244 g/mol. The molecule has 0 aromatic heterocycles. The van der Waals surface area contributed by atoms with E-state index in [4.69, 9.17) is 0 Å². The molecule has 0 radical (unpaired) electrons. The van der Waals surface area contributed by atoms with Crippen LogP contribution in [0.2, 0.25) is 0 Å². The van der Waals surface area contributed by atoms with E-state index in [-0.39, 0.29) is 29.9 Å². The molecule has 100 valence electrons. The number of hydrogen-bond acceptors (Lipinski definition) is 3. The normalized spacial score (nSPS) is 13.0. The second-order valence-electron chi connectivity index (χ2n) is 5.12. The van der Waals surface area contributed by atoms with E-state index in [0.29, 0.717) is 19.4 Å². The van der Waals surface area contributed by atoms with Gasteiger partial charge in [0.1, 0.15) is 0 Å². The molecule has 1 unspecified atom stereocenters. The quantitative estimate of drug-likeness (QED) is 0.607. The SMILES string of the molecule is CCC(=O)NCC(=O)NCC(C)(C)CC(C)O. The Morgan fingerprint density at radius 1 is 1.24 bits per heavy atom. The summed E-state index contributed by atoms with van der Waals surface area (Å²) in [6, 6.07) is 0. The second kappa shape index (κ2) is 7.27. The van der Waals surface area contributed by atoms with Crippen LogP contribution in [0.3, 0.4) is 0 Å². The summed E-state index contributed by atoms with van der Waals surface area (Å²) in [6.07, 6.45) is 0.608. The van der Waals surface area contributed by atoms with E-state index in [1.165, 1.54) is 0 Å². The fourth-order valence-electron chi connectivity index (χ4n) is 1.58. The average Bonchev–Trinajstić information content (AvgIpc) is 2.21. The van der Waals surface area contributed by atoms with Crippen LogP contribution >= 0.6 is 0 Å². The zero-order valence-corrected chi connectivity index (χ0v) is 11.2. The summed E-state index contributed by atoms with van der Waals surface area (Å²) in [7, 11) is 0. The first kappa shape index (κ1) is 15.9. The Balaban J connectivity index is 3.86. The van der Waals surface area contributed by atoms with Gasteiger partial charge in [0.05, 0.1) is 12.6 Å². The fraction of sp³-hybridized carbons (Fsp3) is 0.833. The summed E-state index contributed by atoms with van der Waals surface area (Å²) in [4.78, 5) is 22.3. The third kappa shape index (κ3) is 8.68. The van der Waals surface area contributed by atoms with E-state index >= 15 is 0 Å². The van der Waals surface area contributed by atoms with Crippen molar-refractivity contribution in [3.05, 3.63) is 0 Å². The highest BCUT2D eigenvalue weighted by atomic mass is 16.3. The van der Waals surface area contributed by atoms with Gasteiger partial charge in [-0.1, -0.05) is 20.8 Å². The molecule has 5 nitrogen and oxygen atoms in total. The lowest BCUT2D eigenvalue weighted by atomic mass is 9.87. The first-order valence-electron chi connectivity index (χ1n) is 5.98. The summed E-state index contributed by atoms with van der Waals surface area (Å²) in [6.45, 7) is 7.91. The monoisotopic (exact) mass is 244 g/mol. The molecule has 0 heterocycles. The molecular formula is C12H24N2O3. The summed E-state index contributed by atoms with van der Waals surface area (Å²) >= 11 is 0. The van der Waals surface area contributed by atoms with E-state index in [0.717, 1.165) is 0 Å². The number of aliphatic hydroxyl groups is 1. The van der Waals surface area contributed by atoms with Crippen molar-refractivity contribution in [1.29, 1.82) is 0 Å². The van der Waals surface area contributed by atoms with Crippen molar-refractivity contribution < 1.29 is 14.7 Å². The number of aliphatic hydroxyl groups excluding tert-OH is 1. The molecule has 0 aliphatic rings. The minimum Gasteiger partial charge on any atom is -0.393 e. The molecule has 0 bridgehead atoms. The maximum absolute atomic E-state index is 11.4. The van der Waals surface area contributed by atoms with Gasteiger partial charge in [-0.05, 0) is 18.8 Å². The largest absolute Gasteiger partial charge is 0.393 e. The third-order valence-corrected chi connectivity index (χ3v) is 2.38. The van der Waals surface area contributed by atoms with Crippen molar-refractivity contribution in [3.63, 3.8) is 0 Å². The Morgan fingerprint density at radius 2 is 1.82 bits per heavy atom. The molecule has 0 aromatic carbocycles. The first-order valence-corrected chi connectivity index (χ1v) is 5.98. The topological polar surface area (TPSA) is 78.4 Å². The zero-order chi connectivity index (χ0) is 13.5. The predicted octanol–water partition coefficient (Wildman–Crippen LogP) is 0.426. The zero-order valence-electron chi connectivity index (χ0n) is 11.2. The Kier molecular flexibility index (Phi) is 6.80. The molecule has 0 spiro atoms. The Morgan fingerprint density at radius 3 is 2.29 bits per heavy atom. The number of carbonyl (C=O) groups excluding carboxylic acids is 2. The highest BCUT2D eigenvalue weighted by molar-refractivity contribution is 5.84. The van der Waals surface area contributed by atoms with Gasteiger partial charge in [-0.25, -0.2) is 0 Å². The van der Waals surface area contributed by atoms with Crippen molar-refractivity contribution in [3.8, 4) is 0 Å². The van der Waals surface area contributed by atoms with Gasteiger partial charge in [0.2, 0.25) is 11.8 Å².